The lowest BCUT2D eigenvalue weighted by atomic mass is 10.1. The fourth-order valence-electron chi connectivity index (χ4n) is 3.62. The lowest BCUT2D eigenvalue weighted by Crippen LogP contribution is -2.05. The zero-order valence-electron chi connectivity index (χ0n) is 18.1. The number of hydrogen-bond acceptors (Lipinski definition) is 7. The van der Waals surface area contributed by atoms with Gasteiger partial charge in [0.2, 0.25) is 0 Å². The van der Waals surface area contributed by atoms with Gasteiger partial charge in [-0.15, -0.1) is 0 Å². The quantitative estimate of drug-likeness (QED) is 0.399. The van der Waals surface area contributed by atoms with Crippen molar-refractivity contribution in [3.63, 3.8) is 0 Å². The van der Waals surface area contributed by atoms with Gasteiger partial charge in [0.1, 0.15) is 11.5 Å². The van der Waals surface area contributed by atoms with Crippen molar-refractivity contribution in [2.24, 2.45) is 0 Å². The standard InChI is InChI=1S/C25H18FN7O/c1-34-22-14-29-25(31-24(22)30-18-8-10-28-11-9-18)23-19-4-2-3-5-21(19)33(32-23)15-17-7-6-16(13-27)12-20(17)26/h2-12,14H,15H2,1H3,(H,28,29,30,31). The van der Waals surface area contributed by atoms with E-state index in [-0.39, 0.29) is 12.1 Å². The Hall–Kier alpha value is -4.84. The van der Waals surface area contributed by atoms with Gasteiger partial charge in [0.05, 0.1) is 37.0 Å². The van der Waals surface area contributed by atoms with E-state index in [2.05, 4.69) is 20.3 Å². The maximum absolute atomic E-state index is 14.6. The number of rotatable bonds is 6. The average molecular weight is 451 g/mol. The predicted octanol–water partition coefficient (Wildman–Crippen LogP) is 4.70. The summed E-state index contributed by atoms with van der Waals surface area (Å²) in [6, 6.07) is 17.6. The SMILES string of the molecule is COc1cnc(-c2nn(Cc3ccc(C#N)cc3F)c3ccccc23)nc1Nc1ccncc1. The molecule has 0 bridgehead atoms. The number of nitrogens with zero attached hydrogens (tertiary/aromatic N) is 6. The number of nitriles is 1. The first-order valence-electron chi connectivity index (χ1n) is 10.4. The van der Waals surface area contributed by atoms with E-state index in [1.165, 1.54) is 6.07 Å². The number of fused-ring (bicyclic) bond motifs is 1. The molecule has 0 atom stereocenters. The fraction of sp³-hybridized carbons (Fsp3) is 0.0800. The van der Waals surface area contributed by atoms with Crippen LogP contribution in [0.4, 0.5) is 15.9 Å². The third kappa shape index (κ3) is 4.00. The molecule has 5 rings (SSSR count). The lowest BCUT2D eigenvalue weighted by Gasteiger charge is -2.10. The molecule has 0 radical (unpaired) electrons. The van der Waals surface area contributed by atoms with E-state index in [1.54, 1.807) is 42.5 Å². The molecule has 9 heteroatoms. The second-order valence-electron chi connectivity index (χ2n) is 7.41. The van der Waals surface area contributed by atoms with Gasteiger partial charge in [-0.25, -0.2) is 14.4 Å². The number of benzene rings is 2. The molecule has 0 unspecified atom stereocenters. The molecule has 0 aliphatic heterocycles. The van der Waals surface area contributed by atoms with Crippen molar-refractivity contribution in [3.8, 4) is 23.3 Å². The summed E-state index contributed by atoms with van der Waals surface area (Å²) in [6.07, 6.45) is 4.93. The second-order valence-corrected chi connectivity index (χ2v) is 7.41. The largest absolute Gasteiger partial charge is 0.491 e. The molecule has 0 fully saturated rings. The van der Waals surface area contributed by atoms with Crippen LogP contribution in [-0.2, 0) is 6.54 Å². The van der Waals surface area contributed by atoms with Crippen LogP contribution in [0.5, 0.6) is 5.75 Å². The van der Waals surface area contributed by atoms with Gasteiger partial charge in [0.25, 0.3) is 0 Å². The molecule has 3 heterocycles. The number of para-hydroxylation sites is 1. The molecule has 1 N–H and O–H groups in total. The van der Waals surface area contributed by atoms with Gasteiger partial charge in [-0.2, -0.15) is 10.4 Å². The minimum absolute atomic E-state index is 0.191. The molecular weight excluding hydrogens is 433 g/mol. The third-order valence-electron chi connectivity index (χ3n) is 5.29. The number of pyridine rings is 1. The summed E-state index contributed by atoms with van der Waals surface area (Å²) in [5.41, 5.74) is 2.86. The monoisotopic (exact) mass is 451 g/mol. The summed E-state index contributed by atoms with van der Waals surface area (Å²) in [5, 5.41) is 17.8. The normalized spacial score (nSPS) is 10.7. The Morgan fingerprint density at radius 1 is 1.12 bits per heavy atom. The van der Waals surface area contributed by atoms with E-state index in [0.29, 0.717) is 28.6 Å². The Morgan fingerprint density at radius 3 is 2.71 bits per heavy atom. The highest BCUT2D eigenvalue weighted by molar-refractivity contribution is 5.92. The fourth-order valence-corrected chi connectivity index (χ4v) is 3.62. The maximum Gasteiger partial charge on any atom is 0.183 e. The minimum atomic E-state index is -0.454. The summed E-state index contributed by atoms with van der Waals surface area (Å²) in [4.78, 5) is 13.1. The molecule has 34 heavy (non-hydrogen) atoms. The van der Waals surface area contributed by atoms with Crippen molar-refractivity contribution >= 4 is 22.4 Å². The van der Waals surface area contributed by atoms with Crippen LogP contribution in [-0.4, -0.2) is 31.8 Å². The first-order valence-corrected chi connectivity index (χ1v) is 10.4. The molecule has 0 aliphatic rings. The number of methoxy groups -OCH3 is 1. The Bertz CT molecular complexity index is 1530. The zero-order valence-corrected chi connectivity index (χ0v) is 18.1. The third-order valence-corrected chi connectivity index (χ3v) is 5.29. The van der Waals surface area contributed by atoms with E-state index >= 15 is 0 Å². The highest BCUT2D eigenvalue weighted by atomic mass is 19.1. The number of anilines is 2. The smallest absolute Gasteiger partial charge is 0.183 e. The molecule has 2 aromatic carbocycles. The zero-order chi connectivity index (χ0) is 23.5. The van der Waals surface area contributed by atoms with Crippen molar-refractivity contribution in [3.05, 3.63) is 90.1 Å². The Labute approximate surface area is 194 Å². The van der Waals surface area contributed by atoms with E-state index < -0.39 is 5.82 Å². The average Bonchev–Trinajstić information content (AvgIpc) is 3.24. The Morgan fingerprint density at radius 2 is 1.94 bits per heavy atom. The first kappa shape index (κ1) is 21.0. The molecular formula is C25H18FN7O. The van der Waals surface area contributed by atoms with Crippen LogP contribution in [0.15, 0.2) is 73.2 Å². The minimum Gasteiger partial charge on any atom is -0.491 e. The van der Waals surface area contributed by atoms with Gasteiger partial charge in [-0.1, -0.05) is 24.3 Å². The number of aromatic nitrogens is 5. The van der Waals surface area contributed by atoms with Crippen molar-refractivity contribution < 1.29 is 9.13 Å². The number of halogens is 1. The molecule has 0 amide bonds. The van der Waals surface area contributed by atoms with E-state index in [0.717, 1.165) is 16.6 Å². The predicted molar refractivity (Wildman–Crippen MR) is 125 cm³/mol. The molecule has 3 aromatic heterocycles. The molecule has 166 valence electrons. The molecule has 0 aliphatic carbocycles. The van der Waals surface area contributed by atoms with Crippen LogP contribution in [0, 0.1) is 17.1 Å². The summed E-state index contributed by atoms with van der Waals surface area (Å²) >= 11 is 0. The first-order chi connectivity index (χ1) is 16.7. The van der Waals surface area contributed by atoms with Crippen LogP contribution in [0.2, 0.25) is 0 Å². The lowest BCUT2D eigenvalue weighted by molar-refractivity contribution is 0.413. The van der Waals surface area contributed by atoms with Crippen LogP contribution in [0.25, 0.3) is 22.4 Å². The van der Waals surface area contributed by atoms with Crippen LogP contribution in [0.1, 0.15) is 11.1 Å². The van der Waals surface area contributed by atoms with Crippen LogP contribution < -0.4 is 10.1 Å². The Balaban J connectivity index is 1.57. The molecule has 0 spiro atoms. The molecule has 8 nitrogen and oxygen atoms in total. The van der Waals surface area contributed by atoms with Gasteiger partial charge in [-0.05, 0) is 30.3 Å². The van der Waals surface area contributed by atoms with E-state index in [9.17, 15) is 4.39 Å². The molecule has 0 saturated heterocycles. The number of ether oxygens (including phenoxy) is 1. The van der Waals surface area contributed by atoms with E-state index in [4.69, 9.17) is 15.1 Å². The van der Waals surface area contributed by atoms with Crippen LogP contribution >= 0.6 is 0 Å². The van der Waals surface area contributed by atoms with Gasteiger partial charge in [-0.3, -0.25) is 9.67 Å². The summed E-state index contributed by atoms with van der Waals surface area (Å²) in [6.45, 7) is 0.191. The van der Waals surface area contributed by atoms with Crippen molar-refractivity contribution in [2.75, 3.05) is 12.4 Å². The summed E-state index contributed by atoms with van der Waals surface area (Å²) in [7, 11) is 1.55. The number of hydrogen-bond donors (Lipinski definition) is 1. The van der Waals surface area contributed by atoms with Gasteiger partial charge < -0.3 is 10.1 Å². The highest BCUT2D eigenvalue weighted by Gasteiger charge is 2.18. The highest BCUT2D eigenvalue weighted by Crippen LogP contribution is 2.31. The Kier molecular flexibility index (Phi) is 5.54. The van der Waals surface area contributed by atoms with Gasteiger partial charge in [0, 0.05) is 29.0 Å². The van der Waals surface area contributed by atoms with Gasteiger partial charge in [0.15, 0.2) is 17.4 Å². The summed E-state index contributed by atoms with van der Waals surface area (Å²) < 4.78 is 21.7. The van der Waals surface area contributed by atoms with Crippen LogP contribution in [0.3, 0.4) is 0 Å². The van der Waals surface area contributed by atoms with Crippen molar-refractivity contribution in [2.45, 2.75) is 6.54 Å². The number of nitrogens with one attached hydrogen (secondary N) is 1. The van der Waals surface area contributed by atoms with Crippen molar-refractivity contribution in [1.82, 2.24) is 24.7 Å². The van der Waals surface area contributed by atoms with E-state index in [1.807, 2.05) is 42.5 Å². The molecule has 5 aromatic rings. The molecule has 0 saturated carbocycles. The van der Waals surface area contributed by atoms with Crippen molar-refractivity contribution in [1.29, 1.82) is 5.26 Å². The second kappa shape index (κ2) is 8.96. The summed E-state index contributed by atoms with van der Waals surface area (Å²) in [5.74, 6) is 0.900. The topological polar surface area (TPSA) is 102 Å². The van der Waals surface area contributed by atoms with Gasteiger partial charge >= 0.3 is 0 Å². The maximum atomic E-state index is 14.6.